The van der Waals surface area contributed by atoms with E-state index >= 15 is 0 Å². The molecule has 0 radical (unpaired) electrons. The number of nitrogens with zero attached hydrogens (tertiary/aromatic N) is 1. The molecular formula is C18H30N4O. The van der Waals surface area contributed by atoms with Gasteiger partial charge >= 0.3 is 0 Å². The smallest absolute Gasteiger partial charge is 0.248 e. The second-order valence-corrected chi connectivity index (χ2v) is 7.13. The maximum absolute atomic E-state index is 11.1. The first-order valence-electron chi connectivity index (χ1n) is 8.07. The van der Waals surface area contributed by atoms with Crippen molar-refractivity contribution in [3.05, 3.63) is 35.4 Å². The highest BCUT2D eigenvalue weighted by atomic mass is 16.1. The van der Waals surface area contributed by atoms with Crippen molar-refractivity contribution in [3.8, 4) is 0 Å². The highest BCUT2D eigenvalue weighted by molar-refractivity contribution is 5.92. The minimum absolute atomic E-state index is 0.342. The summed E-state index contributed by atoms with van der Waals surface area (Å²) in [7, 11) is 1.77. The van der Waals surface area contributed by atoms with Crippen LogP contribution in [0.5, 0.6) is 0 Å². The van der Waals surface area contributed by atoms with Gasteiger partial charge in [0, 0.05) is 25.2 Å². The number of benzene rings is 1. The topological polar surface area (TPSA) is 79.5 Å². The molecule has 1 aromatic rings. The number of rotatable bonds is 6. The molecule has 5 heteroatoms. The first kappa shape index (κ1) is 19.0. The van der Waals surface area contributed by atoms with E-state index in [1.165, 1.54) is 0 Å². The molecule has 1 aromatic carbocycles. The fourth-order valence-corrected chi connectivity index (χ4v) is 2.12. The highest BCUT2D eigenvalue weighted by Crippen LogP contribution is 2.21. The summed E-state index contributed by atoms with van der Waals surface area (Å²) in [5.74, 6) is 0.375. The summed E-state index contributed by atoms with van der Waals surface area (Å²) in [6.07, 6.45) is 2.25. The molecule has 0 aliphatic carbocycles. The van der Waals surface area contributed by atoms with E-state index < -0.39 is 5.91 Å². The number of hydrogen-bond acceptors (Lipinski definition) is 2. The van der Waals surface area contributed by atoms with Gasteiger partial charge in [0.05, 0.1) is 0 Å². The number of carbonyl (C=O) groups excluding carboxylic acids is 1. The molecule has 1 amide bonds. The normalized spacial score (nSPS) is 13.5. The van der Waals surface area contributed by atoms with Crippen molar-refractivity contribution in [2.45, 2.75) is 53.1 Å². The lowest BCUT2D eigenvalue weighted by Gasteiger charge is -2.23. The number of aliphatic imine (C=N–C) groups is 1. The SMILES string of the molecule is CN=C(NCc1ccc(C(N)=O)cc1)NC(C)CCC(C)(C)C. The van der Waals surface area contributed by atoms with E-state index in [1.54, 1.807) is 19.2 Å². The van der Waals surface area contributed by atoms with Crippen LogP contribution in [0.2, 0.25) is 0 Å². The molecular weight excluding hydrogens is 288 g/mol. The average Bonchev–Trinajstić information content (AvgIpc) is 2.49. The van der Waals surface area contributed by atoms with Crippen molar-refractivity contribution in [2.75, 3.05) is 7.05 Å². The minimum atomic E-state index is -0.408. The van der Waals surface area contributed by atoms with Crippen LogP contribution in [-0.2, 0) is 6.54 Å². The molecule has 0 bridgehead atoms. The van der Waals surface area contributed by atoms with Crippen LogP contribution in [0, 0.1) is 5.41 Å². The van der Waals surface area contributed by atoms with Crippen molar-refractivity contribution >= 4 is 11.9 Å². The Balaban J connectivity index is 2.46. The van der Waals surface area contributed by atoms with Crippen LogP contribution >= 0.6 is 0 Å². The Morgan fingerprint density at radius 1 is 1.26 bits per heavy atom. The van der Waals surface area contributed by atoms with Crippen molar-refractivity contribution in [2.24, 2.45) is 16.1 Å². The van der Waals surface area contributed by atoms with Gasteiger partial charge in [0.25, 0.3) is 0 Å². The lowest BCUT2D eigenvalue weighted by molar-refractivity contribution is 0.100. The predicted octanol–water partition coefficient (Wildman–Crippen LogP) is 2.67. The largest absolute Gasteiger partial charge is 0.366 e. The van der Waals surface area contributed by atoms with Gasteiger partial charge in [-0.1, -0.05) is 32.9 Å². The van der Waals surface area contributed by atoms with Gasteiger partial charge in [-0.2, -0.15) is 0 Å². The van der Waals surface area contributed by atoms with Gasteiger partial charge in [0.2, 0.25) is 5.91 Å². The zero-order valence-corrected chi connectivity index (χ0v) is 14.9. The van der Waals surface area contributed by atoms with Crippen LogP contribution in [0.3, 0.4) is 0 Å². The Morgan fingerprint density at radius 3 is 2.35 bits per heavy atom. The summed E-state index contributed by atoms with van der Waals surface area (Å²) in [6.45, 7) is 9.57. The fourth-order valence-electron chi connectivity index (χ4n) is 2.12. The number of primary amides is 1. The van der Waals surface area contributed by atoms with E-state index in [2.05, 4.69) is 43.3 Å². The summed E-state index contributed by atoms with van der Waals surface area (Å²) in [5.41, 5.74) is 7.17. The predicted molar refractivity (Wildman–Crippen MR) is 96.4 cm³/mol. The summed E-state index contributed by atoms with van der Waals surface area (Å²) in [6, 6.07) is 7.62. The first-order valence-corrected chi connectivity index (χ1v) is 8.07. The molecule has 1 rings (SSSR count). The zero-order chi connectivity index (χ0) is 17.5. The monoisotopic (exact) mass is 318 g/mol. The van der Waals surface area contributed by atoms with Crippen LogP contribution in [-0.4, -0.2) is 25.0 Å². The molecule has 1 unspecified atom stereocenters. The third-order valence-corrected chi connectivity index (χ3v) is 3.63. The molecule has 0 spiro atoms. The molecule has 0 aromatic heterocycles. The second-order valence-electron chi connectivity index (χ2n) is 7.13. The summed E-state index contributed by atoms with van der Waals surface area (Å²) < 4.78 is 0. The van der Waals surface area contributed by atoms with Crippen LogP contribution < -0.4 is 16.4 Å². The molecule has 0 fully saturated rings. The zero-order valence-electron chi connectivity index (χ0n) is 14.9. The van der Waals surface area contributed by atoms with Gasteiger partial charge in [-0.05, 0) is 42.9 Å². The molecule has 0 aliphatic heterocycles. The number of hydrogen-bond donors (Lipinski definition) is 3. The molecule has 1 atom stereocenters. The molecule has 0 heterocycles. The summed E-state index contributed by atoms with van der Waals surface area (Å²) >= 11 is 0. The summed E-state index contributed by atoms with van der Waals surface area (Å²) in [4.78, 5) is 15.3. The summed E-state index contributed by atoms with van der Waals surface area (Å²) in [5, 5.41) is 6.69. The third-order valence-electron chi connectivity index (χ3n) is 3.63. The fraction of sp³-hybridized carbons (Fsp3) is 0.556. The molecule has 5 nitrogen and oxygen atoms in total. The van der Waals surface area contributed by atoms with Gasteiger partial charge in [0.1, 0.15) is 0 Å². The van der Waals surface area contributed by atoms with Crippen molar-refractivity contribution in [3.63, 3.8) is 0 Å². The van der Waals surface area contributed by atoms with E-state index in [0.717, 1.165) is 24.4 Å². The molecule has 0 aliphatic rings. The minimum Gasteiger partial charge on any atom is -0.366 e. The number of amides is 1. The highest BCUT2D eigenvalue weighted by Gasteiger charge is 2.13. The number of guanidine groups is 1. The Labute approximate surface area is 139 Å². The van der Waals surface area contributed by atoms with Gasteiger partial charge < -0.3 is 16.4 Å². The van der Waals surface area contributed by atoms with Gasteiger partial charge in [-0.15, -0.1) is 0 Å². The molecule has 23 heavy (non-hydrogen) atoms. The lowest BCUT2D eigenvalue weighted by Crippen LogP contribution is -2.42. The first-order chi connectivity index (χ1) is 10.7. The van der Waals surface area contributed by atoms with Crippen LogP contribution in [0.4, 0.5) is 0 Å². The van der Waals surface area contributed by atoms with Crippen molar-refractivity contribution < 1.29 is 4.79 Å². The Kier molecular flexibility index (Phi) is 7.07. The maximum atomic E-state index is 11.1. The van der Waals surface area contributed by atoms with Gasteiger partial charge in [-0.25, -0.2) is 0 Å². The Morgan fingerprint density at radius 2 is 1.87 bits per heavy atom. The Hall–Kier alpha value is -2.04. The quantitative estimate of drug-likeness (QED) is 0.557. The van der Waals surface area contributed by atoms with E-state index in [4.69, 9.17) is 5.73 Å². The van der Waals surface area contributed by atoms with E-state index in [9.17, 15) is 4.79 Å². The van der Waals surface area contributed by atoms with Gasteiger partial charge in [0.15, 0.2) is 5.96 Å². The van der Waals surface area contributed by atoms with E-state index in [-0.39, 0.29) is 0 Å². The number of nitrogens with two attached hydrogens (primary N) is 1. The molecule has 0 saturated carbocycles. The average molecular weight is 318 g/mol. The second kappa shape index (κ2) is 8.56. The number of carbonyl (C=O) groups is 1. The lowest BCUT2D eigenvalue weighted by atomic mass is 9.89. The van der Waals surface area contributed by atoms with Crippen LogP contribution in [0.15, 0.2) is 29.3 Å². The van der Waals surface area contributed by atoms with E-state index in [1.807, 2.05) is 12.1 Å². The molecule has 128 valence electrons. The van der Waals surface area contributed by atoms with Crippen molar-refractivity contribution in [1.29, 1.82) is 0 Å². The van der Waals surface area contributed by atoms with E-state index in [0.29, 0.717) is 23.6 Å². The number of nitrogens with one attached hydrogen (secondary N) is 2. The van der Waals surface area contributed by atoms with Crippen LogP contribution in [0.25, 0.3) is 0 Å². The van der Waals surface area contributed by atoms with Crippen LogP contribution in [0.1, 0.15) is 56.5 Å². The molecule has 0 saturated heterocycles. The van der Waals surface area contributed by atoms with Gasteiger partial charge in [-0.3, -0.25) is 9.79 Å². The maximum Gasteiger partial charge on any atom is 0.248 e. The third kappa shape index (κ3) is 7.68. The Bertz CT molecular complexity index is 529. The van der Waals surface area contributed by atoms with Crippen molar-refractivity contribution in [1.82, 2.24) is 10.6 Å². The standard InChI is InChI=1S/C18H30N4O/c1-13(10-11-18(2,3)4)22-17(20-5)21-12-14-6-8-15(9-7-14)16(19)23/h6-9,13H,10-12H2,1-5H3,(H2,19,23)(H2,20,21,22). The molecule has 4 N–H and O–H groups in total.